The number of rotatable bonds is 33. The van der Waals surface area contributed by atoms with Crippen molar-refractivity contribution in [2.75, 3.05) is 34.5 Å². The molecule has 0 aromatic carbocycles. The van der Waals surface area contributed by atoms with Crippen LogP contribution in [0.3, 0.4) is 0 Å². The molecule has 0 amide bonds. The van der Waals surface area contributed by atoms with Crippen LogP contribution in [0.5, 0.6) is 0 Å². The Morgan fingerprint density at radius 1 is 0.309 bits per heavy atom. The summed E-state index contributed by atoms with van der Waals surface area (Å²) in [4.78, 5) is 0. The van der Waals surface area contributed by atoms with Gasteiger partial charge in [0.1, 0.15) is 0 Å². The van der Waals surface area contributed by atoms with Gasteiger partial charge in [-0.1, -0.05) is 96.3 Å². The van der Waals surface area contributed by atoms with Crippen LogP contribution in [-0.2, 0) is 26.6 Å². The van der Waals surface area contributed by atoms with Crippen LogP contribution in [0.1, 0.15) is 124 Å². The molecule has 0 aromatic heterocycles. The normalized spacial score (nSPS) is 13.1. The third-order valence-corrected chi connectivity index (χ3v) is 26.9. The van der Waals surface area contributed by atoms with Gasteiger partial charge >= 0.3 is 0 Å². The lowest BCUT2D eigenvalue weighted by molar-refractivity contribution is 0.230. The summed E-state index contributed by atoms with van der Waals surface area (Å²) >= 11 is 0. The highest BCUT2D eigenvalue weighted by Crippen LogP contribution is 2.22. The predicted molar refractivity (Wildman–Crippen MR) is 263 cm³/mol. The van der Waals surface area contributed by atoms with Crippen molar-refractivity contribution in [3.63, 3.8) is 0 Å². The summed E-state index contributed by atoms with van der Waals surface area (Å²) in [7, 11) is -2.33. The van der Waals surface area contributed by atoms with Gasteiger partial charge in [-0.25, -0.2) is 0 Å². The Balaban J connectivity index is -0.000000739. The molecule has 336 valence electrons. The fourth-order valence-electron chi connectivity index (χ4n) is 6.82. The lowest BCUT2D eigenvalue weighted by Crippen LogP contribution is -2.33. The Kier molecular flexibility index (Phi) is 37.0. The first-order valence-corrected chi connectivity index (χ1v) is 41.6. The van der Waals surface area contributed by atoms with Crippen molar-refractivity contribution in [2.45, 2.75) is 245 Å². The van der Waals surface area contributed by atoms with Crippen LogP contribution in [0.15, 0.2) is 0 Å². The monoisotopic (exact) mass is 885 g/mol. The summed E-state index contributed by atoms with van der Waals surface area (Å²) in [5.74, 6) is 0. The minimum Gasteiger partial charge on any atom is -0.420 e. The summed E-state index contributed by atoms with van der Waals surface area (Å²) in [6.07, 6.45) is 20.8. The van der Waals surface area contributed by atoms with Crippen molar-refractivity contribution < 1.29 is 26.6 Å². The molecular weight excluding hydrogens is 781 g/mol. The molecule has 55 heavy (non-hydrogen) atoms. The van der Waals surface area contributed by atoms with E-state index in [-0.39, 0.29) is 0 Å². The fourth-order valence-corrected chi connectivity index (χ4v) is 17.3. The Hall–Kier alpha value is 1.06. The van der Waals surface area contributed by atoms with Crippen LogP contribution < -0.4 is 0 Å². The molecule has 0 fully saturated rings. The minimum atomic E-state index is -1.38. The zero-order valence-electron chi connectivity index (χ0n) is 41.3. The molecule has 6 nitrogen and oxygen atoms in total. The van der Waals surface area contributed by atoms with E-state index in [9.17, 15) is 0 Å². The topological polar surface area (TPSA) is 55.4 Å². The summed E-state index contributed by atoms with van der Waals surface area (Å²) < 4.78 is 34.4. The first kappa shape index (κ1) is 60.4. The maximum Gasteiger partial charge on any atom is 0.187 e. The van der Waals surface area contributed by atoms with Crippen molar-refractivity contribution in [1.82, 2.24) is 0 Å². The summed E-state index contributed by atoms with van der Waals surface area (Å²) in [5.41, 5.74) is 0. The SMILES string of the molecule is CCO[Si](C)(C)CCCCCCC[Si](C)(C)OCC.CO[Si](C)(C)CCCCCCC[Si](C)(C)OC.CO[Si](C)(C)CCCCCCC[Si](C)(C)OC(C)C. The van der Waals surface area contributed by atoms with Crippen LogP contribution in [0.2, 0.25) is 115 Å². The van der Waals surface area contributed by atoms with Gasteiger partial charge in [0.25, 0.3) is 0 Å². The zero-order valence-corrected chi connectivity index (χ0v) is 47.3. The molecule has 12 heteroatoms. The quantitative estimate of drug-likeness (QED) is 0.0483. The molecule has 0 N–H and O–H groups in total. The van der Waals surface area contributed by atoms with E-state index in [0.29, 0.717) is 6.10 Å². The van der Waals surface area contributed by atoms with Gasteiger partial charge in [0.05, 0.1) is 0 Å². The highest BCUT2D eigenvalue weighted by atomic mass is 28.4. The largest absolute Gasteiger partial charge is 0.420 e. The summed E-state index contributed by atoms with van der Waals surface area (Å²) in [5, 5.41) is 0. The fraction of sp³-hybridized carbons (Fsp3) is 1.00. The number of unbranched alkanes of at least 4 members (excludes halogenated alkanes) is 12. The highest BCUT2D eigenvalue weighted by Gasteiger charge is 2.24. The van der Waals surface area contributed by atoms with Gasteiger partial charge < -0.3 is 26.6 Å². The molecule has 0 saturated heterocycles. The van der Waals surface area contributed by atoms with Gasteiger partial charge in [-0.3, -0.25) is 0 Å². The molecule has 0 radical (unpaired) electrons. The second-order valence-corrected chi connectivity index (χ2v) is 46.2. The molecule has 0 aliphatic carbocycles. The molecule has 0 aliphatic rings. The van der Waals surface area contributed by atoms with Gasteiger partial charge in [0.2, 0.25) is 0 Å². The van der Waals surface area contributed by atoms with Crippen LogP contribution in [0.4, 0.5) is 0 Å². The Labute approximate surface area is 354 Å². The first-order chi connectivity index (χ1) is 25.3. The second kappa shape index (κ2) is 33.7. The second-order valence-electron chi connectivity index (χ2n) is 20.0. The molecule has 0 spiro atoms. The first-order valence-electron chi connectivity index (χ1n) is 23.0. The summed E-state index contributed by atoms with van der Waals surface area (Å²) in [6.45, 7) is 38.2. The molecule has 0 saturated carbocycles. The van der Waals surface area contributed by atoms with Gasteiger partial charge in [-0.05, 0) is 143 Å². The number of hydrogen-bond donors (Lipinski definition) is 0. The van der Waals surface area contributed by atoms with E-state index in [2.05, 4.69) is 106 Å². The minimum absolute atomic E-state index is 0.392. The van der Waals surface area contributed by atoms with Gasteiger partial charge in [0, 0.05) is 40.6 Å². The predicted octanol–water partition coefficient (Wildman–Crippen LogP) is 15.5. The highest BCUT2D eigenvalue weighted by molar-refractivity contribution is 6.72. The molecule has 0 atom stereocenters. The van der Waals surface area contributed by atoms with Gasteiger partial charge in [-0.15, -0.1) is 0 Å². The van der Waals surface area contributed by atoms with E-state index >= 15 is 0 Å². The van der Waals surface area contributed by atoms with Crippen molar-refractivity contribution >= 4 is 49.9 Å². The molecule has 0 heterocycles. The van der Waals surface area contributed by atoms with Crippen molar-refractivity contribution in [3.8, 4) is 0 Å². The van der Waals surface area contributed by atoms with Crippen molar-refractivity contribution in [3.05, 3.63) is 0 Å². The van der Waals surface area contributed by atoms with E-state index in [0.717, 1.165) is 13.2 Å². The Bertz CT molecular complexity index is 814. The maximum absolute atomic E-state index is 6.05. The van der Waals surface area contributed by atoms with E-state index < -0.39 is 49.9 Å². The Morgan fingerprint density at radius 2 is 0.509 bits per heavy atom. The lowest BCUT2D eigenvalue weighted by atomic mass is 10.2. The maximum atomic E-state index is 6.05. The third kappa shape index (κ3) is 44.4. The Morgan fingerprint density at radius 3 is 0.709 bits per heavy atom. The van der Waals surface area contributed by atoms with Crippen molar-refractivity contribution in [1.29, 1.82) is 0 Å². The number of hydrogen-bond acceptors (Lipinski definition) is 6. The average Bonchev–Trinajstić information content (AvgIpc) is 3.06. The smallest absolute Gasteiger partial charge is 0.187 e. The van der Waals surface area contributed by atoms with Crippen LogP contribution in [0, 0.1) is 0 Å². The van der Waals surface area contributed by atoms with E-state index in [1.807, 2.05) is 21.3 Å². The molecule has 0 aromatic rings. The van der Waals surface area contributed by atoms with Crippen LogP contribution in [-0.4, -0.2) is 90.6 Å². The van der Waals surface area contributed by atoms with Gasteiger partial charge in [0.15, 0.2) is 49.9 Å². The van der Waals surface area contributed by atoms with Crippen LogP contribution >= 0.6 is 0 Å². The van der Waals surface area contributed by atoms with Crippen molar-refractivity contribution in [2.24, 2.45) is 0 Å². The van der Waals surface area contributed by atoms with E-state index in [4.69, 9.17) is 26.6 Å². The molecule has 0 rings (SSSR count). The average molecular weight is 886 g/mol. The lowest BCUT2D eigenvalue weighted by Gasteiger charge is -2.25. The molecule has 0 bridgehead atoms. The van der Waals surface area contributed by atoms with Crippen LogP contribution in [0.25, 0.3) is 0 Å². The molecule has 0 aliphatic heterocycles. The van der Waals surface area contributed by atoms with E-state index in [1.54, 1.807) is 0 Å². The molecular formula is C43H104O6Si6. The molecule has 0 unspecified atom stereocenters. The van der Waals surface area contributed by atoms with E-state index in [1.165, 1.54) is 133 Å². The third-order valence-electron chi connectivity index (χ3n) is 11.0. The standard InChI is InChI=1S/2C15H36O2Si2.C13H32O2Si2/c1-15(2)17-19(6,7)14-12-10-8-9-11-13-18(4,5)16-3;1-7-16-18(3,4)14-12-10-9-11-13-15-19(5,6)17-8-2;1-14-16(3,4)12-10-8-7-9-11-13-17(5,6)15-2/h15H,8-14H2,1-7H3;7-15H2,1-6H3;7-13H2,1-6H3. The van der Waals surface area contributed by atoms with Gasteiger partial charge in [-0.2, -0.15) is 0 Å². The zero-order chi connectivity index (χ0) is 43.1. The summed E-state index contributed by atoms with van der Waals surface area (Å²) in [6, 6.07) is 7.87.